The van der Waals surface area contributed by atoms with Crippen molar-refractivity contribution < 1.29 is 4.79 Å². The molecule has 18 heavy (non-hydrogen) atoms. The largest absolute Gasteiger partial charge is 0.315 e. The minimum Gasteiger partial charge on any atom is -0.315 e. The highest BCUT2D eigenvalue weighted by atomic mass is 16.2. The van der Waals surface area contributed by atoms with E-state index in [2.05, 4.69) is 37.4 Å². The lowest BCUT2D eigenvalue weighted by molar-refractivity contribution is -0.118. The zero-order chi connectivity index (χ0) is 13.0. The molecule has 98 valence electrons. The van der Waals surface area contributed by atoms with Gasteiger partial charge < -0.3 is 10.2 Å². The first-order valence-electron chi connectivity index (χ1n) is 6.83. The van der Waals surface area contributed by atoms with Crippen LogP contribution in [-0.2, 0) is 11.2 Å². The maximum Gasteiger partial charge on any atom is 0.227 e. The molecule has 1 amide bonds. The fraction of sp³-hybridized carbons (Fsp3) is 0.533. The molecule has 2 rings (SSSR count). The Hall–Kier alpha value is -1.35. The van der Waals surface area contributed by atoms with Crippen LogP contribution in [-0.4, -0.2) is 25.5 Å². The molecule has 1 N–H and O–H groups in total. The molecular weight excluding hydrogens is 224 g/mol. The molecule has 0 unspecified atom stereocenters. The number of nitrogens with one attached hydrogen (secondary N) is 1. The predicted octanol–water partition coefficient (Wildman–Crippen LogP) is 2.27. The molecule has 1 aliphatic heterocycles. The molecule has 1 aromatic rings. The summed E-state index contributed by atoms with van der Waals surface area (Å²) < 4.78 is 0. The summed E-state index contributed by atoms with van der Waals surface area (Å²) in [5.41, 5.74) is 3.60. The molecule has 1 aromatic carbocycles. The van der Waals surface area contributed by atoms with Crippen molar-refractivity contribution in [1.82, 2.24) is 5.32 Å². The summed E-state index contributed by atoms with van der Waals surface area (Å²) in [6, 6.07) is 6.29. The number of hydrogen-bond acceptors (Lipinski definition) is 2. The predicted molar refractivity (Wildman–Crippen MR) is 75.0 cm³/mol. The van der Waals surface area contributed by atoms with Gasteiger partial charge in [0.15, 0.2) is 0 Å². The number of rotatable bonds is 2. The van der Waals surface area contributed by atoms with Gasteiger partial charge in [-0.05, 0) is 37.4 Å². The monoisotopic (exact) mass is 246 g/mol. The van der Waals surface area contributed by atoms with Crippen molar-refractivity contribution >= 4 is 11.6 Å². The Balaban J connectivity index is 2.35. The summed E-state index contributed by atoms with van der Waals surface area (Å²) in [4.78, 5) is 14.3. The molecule has 0 bridgehead atoms. The first-order chi connectivity index (χ1) is 8.74. The minimum absolute atomic E-state index is 0.264. The molecule has 0 aromatic heterocycles. The van der Waals surface area contributed by atoms with Gasteiger partial charge in [-0.2, -0.15) is 0 Å². The van der Waals surface area contributed by atoms with Gasteiger partial charge in [-0.3, -0.25) is 4.79 Å². The number of aryl methyl sites for hydroxylation is 2. The lowest BCUT2D eigenvalue weighted by Crippen LogP contribution is -2.40. The van der Waals surface area contributed by atoms with Gasteiger partial charge in [-0.1, -0.05) is 25.1 Å². The van der Waals surface area contributed by atoms with Gasteiger partial charge in [-0.25, -0.2) is 0 Å². The van der Waals surface area contributed by atoms with Gasteiger partial charge in [0, 0.05) is 25.2 Å². The van der Waals surface area contributed by atoms with Gasteiger partial charge >= 0.3 is 0 Å². The van der Waals surface area contributed by atoms with Gasteiger partial charge in [0.1, 0.15) is 0 Å². The summed E-state index contributed by atoms with van der Waals surface area (Å²) in [5, 5.41) is 3.37. The second-order valence-electron chi connectivity index (χ2n) is 4.84. The molecule has 0 radical (unpaired) electrons. The average molecular weight is 246 g/mol. The maximum absolute atomic E-state index is 12.3. The standard InChI is InChI=1S/C15H22N2O/c1-3-13-7-4-6-12(2)15(13)17-11-10-16-9-5-8-14(17)18/h4,6-7,16H,3,5,8-11H2,1-2H3. The number of para-hydroxylation sites is 1. The normalized spacial score (nSPS) is 17.4. The number of amides is 1. The van der Waals surface area contributed by atoms with Crippen LogP contribution in [0.5, 0.6) is 0 Å². The summed E-state index contributed by atoms with van der Waals surface area (Å²) in [5.74, 6) is 0.264. The van der Waals surface area contributed by atoms with E-state index in [9.17, 15) is 4.79 Å². The van der Waals surface area contributed by atoms with Crippen LogP contribution < -0.4 is 10.2 Å². The molecule has 0 atom stereocenters. The highest BCUT2D eigenvalue weighted by molar-refractivity contribution is 5.95. The van der Waals surface area contributed by atoms with E-state index in [-0.39, 0.29) is 5.91 Å². The Bertz CT molecular complexity index is 429. The second kappa shape index (κ2) is 6.01. The van der Waals surface area contributed by atoms with Crippen LogP contribution in [0.25, 0.3) is 0 Å². The van der Waals surface area contributed by atoms with E-state index >= 15 is 0 Å². The lowest BCUT2D eigenvalue weighted by Gasteiger charge is -2.28. The zero-order valence-corrected chi connectivity index (χ0v) is 11.3. The van der Waals surface area contributed by atoms with Crippen LogP contribution in [0.4, 0.5) is 5.69 Å². The Kier molecular flexibility index (Phi) is 4.37. The van der Waals surface area contributed by atoms with Crippen LogP contribution in [0.1, 0.15) is 30.9 Å². The third kappa shape index (κ3) is 2.72. The van der Waals surface area contributed by atoms with Crippen molar-refractivity contribution in [2.45, 2.75) is 33.1 Å². The molecule has 1 aliphatic rings. The molecule has 0 aliphatic carbocycles. The second-order valence-corrected chi connectivity index (χ2v) is 4.84. The highest BCUT2D eigenvalue weighted by Crippen LogP contribution is 2.26. The van der Waals surface area contributed by atoms with E-state index in [0.717, 1.165) is 38.2 Å². The van der Waals surface area contributed by atoms with Gasteiger partial charge in [0.05, 0.1) is 0 Å². The molecule has 1 saturated heterocycles. The van der Waals surface area contributed by atoms with Crippen LogP contribution >= 0.6 is 0 Å². The summed E-state index contributed by atoms with van der Waals surface area (Å²) in [6.45, 7) is 6.84. The van der Waals surface area contributed by atoms with Crippen molar-refractivity contribution in [2.24, 2.45) is 0 Å². The first-order valence-corrected chi connectivity index (χ1v) is 6.83. The average Bonchev–Trinajstić information content (AvgIpc) is 2.35. The lowest BCUT2D eigenvalue weighted by atomic mass is 10.0. The van der Waals surface area contributed by atoms with Gasteiger partial charge in [-0.15, -0.1) is 0 Å². The molecule has 0 spiro atoms. The van der Waals surface area contributed by atoms with Crippen LogP contribution in [0.15, 0.2) is 18.2 Å². The van der Waals surface area contributed by atoms with Crippen molar-refractivity contribution in [3.8, 4) is 0 Å². The Morgan fingerprint density at radius 1 is 1.33 bits per heavy atom. The number of anilines is 1. The molecule has 3 nitrogen and oxygen atoms in total. The molecule has 0 saturated carbocycles. The first kappa shape index (κ1) is 13.1. The number of benzene rings is 1. The number of nitrogens with zero attached hydrogens (tertiary/aromatic N) is 1. The number of carbonyl (C=O) groups is 1. The molecule has 1 fully saturated rings. The Morgan fingerprint density at radius 2 is 2.17 bits per heavy atom. The van der Waals surface area contributed by atoms with Crippen molar-refractivity contribution in [2.75, 3.05) is 24.5 Å². The number of carbonyl (C=O) groups excluding carboxylic acids is 1. The number of hydrogen-bond donors (Lipinski definition) is 1. The topological polar surface area (TPSA) is 32.3 Å². The smallest absolute Gasteiger partial charge is 0.227 e. The summed E-state index contributed by atoms with van der Waals surface area (Å²) in [6.07, 6.45) is 2.54. The van der Waals surface area contributed by atoms with Crippen molar-refractivity contribution in [3.63, 3.8) is 0 Å². The third-order valence-corrected chi connectivity index (χ3v) is 3.53. The summed E-state index contributed by atoms with van der Waals surface area (Å²) >= 11 is 0. The summed E-state index contributed by atoms with van der Waals surface area (Å²) in [7, 11) is 0. The van der Waals surface area contributed by atoms with Crippen molar-refractivity contribution in [1.29, 1.82) is 0 Å². The van der Waals surface area contributed by atoms with Crippen LogP contribution in [0.3, 0.4) is 0 Å². The van der Waals surface area contributed by atoms with Gasteiger partial charge in [0.25, 0.3) is 0 Å². The van der Waals surface area contributed by atoms with Crippen LogP contribution in [0.2, 0.25) is 0 Å². The molecule has 1 heterocycles. The maximum atomic E-state index is 12.3. The Morgan fingerprint density at radius 3 is 2.94 bits per heavy atom. The Labute approximate surface area is 109 Å². The quantitative estimate of drug-likeness (QED) is 0.868. The fourth-order valence-electron chi connectivity index (χ4n) is 2.57. The van der Waals surface area contributed by atoms with E-state index in [1.165, 1.54) is 11.1 Å². The molecule has 3 heteroatoms. The van der Waals surface area contributed by atoms with E-state index in [0.29, 0.717) is 6.42 Å². The molecular formula is C15H22N2O. The van der Waals surface area contributed by atoms with E-state index < -0.39 is 0 Å². The zero-order valence-electron chi connectivity index (χ0n) is 11.3. The van der Waals surface area contributed by atoms with E-state index in [1.807, 2.05) is 4.90 Å². The minimum atomic E-state index is 0.264. The SMILES string of the molecule is CCc1cccc(C)c1N1CCNCCCC1=O. The van der Waals surface area contributed by atoms with E-state index in [1.54, 1.807) is 0 Å². The highest BCUT2D eigenvalue weighted by Gasteiger charge is 2.20. The van der Waals surface area contributed by atoms with Crippen LogP contribution in [0, 0.1) is 6.92 Å². The van der Waals surface area contributed by atoms with Gasteiger partial charge in [0.2, 0.25) is 5.91 Å². The van der Waals surface area contributed by atoms with E-state index in [4.69, 9.17) is 0 Å². The fourth-order valence-corrected chi connectivity index (χ4v) is 2.57. The third-order valence-electron chi connectivity index (χ3n) is 3.53. The van der Waals surface area contributed by atoms with Crippen molar-refractivity contribution in [3.05, 3.63) is 29.3 Å².